The van der Waals surface area contributed by atoms with Crippen molar-refractivity contribution in [2.24, 2.45) is 5.73 Å². The van der Waals surface area contributed by atoms with Gasteiger partial charge in [-0.3, -0.25) is 4.79 Å². The van der Waals surface area contributed by atoms with E-state index in [0.29, 0.717) is 13.0 Å². The van der Waals surface area contributed by atoms with Gasteiger partial charge in [0.1, 0.15) is 11.8 Å². The van der Waals surface area contributed by atoms with E-state index in [1.807, 2.05) is 31.2 Å². The second-order valence-corrected chi connectivity index (χ2v) is 3.91. The summed E-state index contributed by atoms with van der Waals surface area (Å²) in [5, 5.41) is 8.63. The molecule has 0 bridgehead atoms. The van der Waals surface area contributed by atoms with E-state index in [0.717, 1.165) is 18.6 Å². The maximum absolute atomic E-state index is 10.5. The molecule has 0 aliphatic carbocycles. The van der Waals surface area contributed by atoms with Crippen molar-refractivity contribution in [3.63, 3.8) is 0 Å². The Morgan fingerprint density at radius 1 is 1.39 bits per heavy atom. The molecule has 1 aromatic carbocycles. The van der Waals surface area contributed by atoms with E-state index < -0.39 is 12.0 Å². The van der Waals surface area contributed by atoms with Crippen LogP contribution in [0.2, 0.25) is 0 Å². The average Bonchev–Trinajstić information content (AvgIpc) is 2.31. The number of carboxylic acid groups (broad SMARTS) is 1. The Hall–Kier alpha value is -1.26. The summed E-state index contributed by atoms with van der Waals surface area (Å²) in [7, 11) is 0. The van der Waals surface area contributed by atoms with Gasteiger partial charge in [-0.05, 0) is 43.9 Å². The molecule has 1 aromatic rings. The first-order valence-electron chi connectivity index (χ1n) is 5.83. The van der Waals surface area contributed by atoms with Gasteiger partial charge in [-0.1, -0.05) is 12.1 Å². The fourth-order valence-corrected chi connectivity index (χ4v) is 1.57. The molecule has 1 unspecified atom stereocenters. The van der Waals surface area contributed by atoms with Crippen molar-refractivity contribution in [3.05, 3.63) is 29.8 Å². The zero-order chi connectivity index (χ0) is 12.7. The van der Waals surface area contributed by atoms with Gasteiger partial charge in [0.25, 0.3) is 0 Å². The van der Waals surface area contributed by atoms with Crippen LogP contribution < -0.4 is 10.5 Å². The number of rotatable bonds is 7. The van der Waals surface area contributed by atoms with E-state index in [4.69, 9.17) is 15.6 Å². The molecule has 5 heteroatoms. The lowest BCUT2D eigenvalue weighted by molar-refractivity contribution is -0.138. The third-order valence-corrected chi connectivity index (χ3v) is 2.53. The number of ether oxygens (including phenoxy) is 1. The molecular weight excluding hydrogens is 254 g/mol. The molecule has 0 heterocycles. The first-order valence-corrected chi connectivity index (χ1v) is 5.83. The third kappa shape index (κ3) is 5.89. The first kappa shape index (κ1) is 16.7. The summed E-state index contributed by atoms with van der Waals surface area (Å²) < 4.78 is 5.34. The van der Waals surface area contributed by atoms with Gasteiger partial charge in [0.2, 0.25) is 0 Å². The normalized spacial score (nSPS) is 11.4. The van der Waals surface area contributed by atoms with Crippen molar-refractivity contribution in [2.45, 2.75) is 32.2 Å². The highest BCUT2D eigenvalue weighted by atomic mass is 35.5. The van der Waals surface area contributed by atoms with Crippen molar-refractivity contribution in [1.82, 2.24) is 0 Å². The zero-order valence-electron chi connectivity index (χ0n) is 10.5. The summed E-state index contributed by atoms with van der Waals surface area (Å²) in [4.78, 5) is 10.5. The van der Waals surface area contributed by atoms with Crippen LogP contribution in [0.25, 0.3) is 0 Å². The SMILES string of the molecule is CCOc1ccc(CCCC(N)C(=O)O)cc1.Cl. The minimum atomic E-state index is -0.934. The van der Waals surface area contributed by atoms with Crippen LogP contribution in [0.4, 0.5) is 0 Å². The Labute approximate surface area is 114 Å². The maximum atomic E-state index is 10.5. The molecule has 0 fully saturated rings. The summed E-state index contributed by atoms with van der Waals surface area (Å²) >= 11 is 0. The van der Waals surface area contributed by atoms with E-state index >= 15 is 0 Å². The number of carboxylic acids is 1. The summed E-state index contributed by atoms with van der Waals surface area (Å²) in [6.45, 7) is 2.61. The molecule has 1 atom stereocenters. The highest BCUT2D eigenvalue weighted by Crippen LogP contribution is 2.14. The van der Waals surface area contributed by atoms with Crippen LogP contribution in [0, 0.1) is 0 Å². The molecule has 0 aromatic heterocycles. The van der Waals surface area contributed by atoms with E-state index in [2.05, 4.69) is 0 Å². The van der Waals surface area contributed by atoms with Crippen molar-refractivity contribution >= 4 is 18.4 Å². The monoisotopic (exact) mass is 273 g/mol. The van der Waals surface area contributed by atoms with Crippen molar-refractivity contribution in [3.8, 4) is 5.75 Å². The Morgan fingerprint density at radius 3 is 2.50 bits per heavy atom. The molecule has 1 rings (SSSR count). The molecule has 0 radical (unpaired) electrons. The minimum Gasteiger partial charge on any atom is -0.494 e. The standard InChI is InChI=1S/C13H19NO3.ClH/c1-2-17-11-8-6-10(7-9-11)4-3-5-12(14)13(15)16;/h6-9,12H,2-5,14H2,1H3,(H,15,16);1H. The van der Waals surface area contributed by atoms with E-state index in [9.17, 15) is 4.79 Å². The molecule has 18 heavy (non-hydrogen) atoms. The summed E-state index contributed by atoms with van der Waals surface area (Å²) in [5.74, 6) is -0.0739. The fraction of sp³-hybridized carbons (Fsp3) is 0.462. The van der Waals surface area contributed by atoms with Crippen LogP contribution in [0.3, 0.4) is 0 Å². The predicted octanol–water partition coefficient (Wildman–Crippen LogP) is 2.24. The molecule has 102 valence electrons. The summed E-state index contributed by atoms with van der Waals surface area (Å²) in [5.41, 5.74) is 6.60. The third-order valence-electron chi connectivity index (χ3n) is 2.53. The molecule has 0 saturated heterocycles. The Kier molecular flexibility index (Phi) is 8.16. The Bertz CT molecular complexity index is 354. The Balaban J connectivity index is 0.00000289. The molecule has 0 aliphatic rings. The summed E-state index contributed by atoms with van der Waals surface area (Å²) in [6, 6.07) is 7.10. The quantitative estimate of drug-likeness (QED) is 0.799. The highest BCUT2D eigenvalue weighted by molar-refractivity contribution is 5.85. The lowest BCUT2D eigenvalue weighted by Gasteiger charge is -2.07. The minimum absolute atomic E-state index is 0. The van der Waals surface area contributed by atoms with Gasteiger partial charge < -0.3 is 15.6 Å². The Morgan fingerprint density at radius 2 is 2.00 bits per heavy atom. The van der Waals surface area contributed by atoms with E-state index in [1.54, 1.807) is 0 Å². The second-order valence-electron chi connectivity index (χ2n) is 3.91. The van der Waals surface area contributed by atoms with Crippen LogP contribution in [0.5, 0.6) is 5.75 Å². The zero-order valence-corrected chi connectivity index (χ0v) is 11.3. The topological polar surface area (TPSA) is 72.5 Å². The lowest BCUT2D eigenvalue weighted by atomic mass is 10.1. The predicted molar refractivity (Wildman–Crippen MR) is 73.4 cm³/mol. The van der Waals surface area contributed by atoms with E-state index in [-0.39, 0.29) is 12.4 Å². The van der Waals surface area contributed by atoms with Crippen molar-refractivity contribution in [1.29, 1.82) is 0 Å². The second kappa shape index (κ2) is 8.78. The molecular formula is C13H20ClNO3. The van der Waals surface area contributed by atoms with Gasteiger partial charge in [0.15, 0.2) is 0 Å². The number of carbonyl (C=O) groups is 1. The van der Waals surface area contributed by atoms with Gasteiger partial charge in [-0.15, -0.1) is 12.4 Å². The highest BCUT2D eigenvalue weighted by Gasteiger charge is 2.10. The van der Waals surface area contributed by atoms with Gasteiger partial charge >= 0.3 is 5.97 Å². The number of aliphatic carboxylic acids is 1. The average molecular weight is 274 g/mol. The van der Waals surface area contributed by atoms with Crippen LogP contribution in [0.1, 0.15) is 25.3 Å². The first-order chi connectivity index (χ1) is 8.13. The smallest absolute Gasteiger partial charge is 0.320 e. The number of nitrogens with two attached hydrogens (primary N) is 1. The fourth-order valence-electron chi connectivity index (χ4n) is 1.57. The largest absolute Gasteiger partial charge is 0.494 e. The number of hydrogen-bond acceptors (Lipinski definition) is 3. The van der Waals surface area contributed by atoms with Gasteiger partial charge in [0.05, 0.1) is 6.61 Å². The van der Waals surface area contributed by atoms with Crippen LogP contribution in [-0.4, -0.2) is 23.7 Å². The number of hydrogen-bond donors (Lipinski definition) is 2. The van der Waals surface area contributed by atoms with Crippen molar-refractivity contribution in [2.75, 3.05) is 6.61 Å². The van der Waals surface area contributed by atoms with Crippen LogP contribution >= 0.6 is 12.4 Å². The molecule has 0 saturated carbocycles. The summed E-state index contributed by atoms with van der Waals surface area (Å²) in [6.07, 6.45) is 2.12. The number of aryl methyl sites for hydroxylation is 1. The lowest BCUT2D eigenvalue weighted by Crippen LogP contribution is -2.29. The molecule has 0 aliphatic heterocycles. The van der Waals surface area contributed by atoms with Crippen LogP contribution in [0.15, 0.2) is 24.3 Å². The van der Waals surface area contributed by atoms with Gasteiger partial charge in [-0.2, -0.15) is 0 Å². The van der Waals surface area contributed by atoms with E-state index in [1.165, 1.54) is 5.56 Å². The molecule has 0 spiro atoms. The maximum Gasteiger partial charge on any atom is 0.320 e. The van der Waals surface area contributed by atoms with Gasteiger partial charge in [-0.25, -0.2) is 0 Å². The molecule has 4 nitrogen and oxygen atoms in total. The van der Waals surface area contributed by atoms with Crippen molar-refractivity contribution < 1.29 is 14.6 Å². The number of halogens is 1. The van der Waals surface area contributed by atoms with Gasteiger partial charge in [0, 0.05) is 0 Å². The molecule has 3 N–H and O–H groups in total. The molecule has 0 amide bonds. The van der Waals surface area contributed by atoms with Crippen LogP contribution in [-0.2, 0) is 11.2 Å². The number of benzene rings is 1.